The lowest BCUT2D eigenvalue weighted by atomic mass is 10.00. The van der Waals surface area contributed by atoms with Crippen molar-refractivity contribution in [2.45, 2.75) is 22.1 Å². The van der Waals surface area contributed by atoms with E-state index in [0.717, 1.165) is 0 Å². The number of halogens is 2. The molecule has 1 aliphatic carbocycles. The van der Waals surface area contributed by atoms with Gasteiger partial charge >= 0.3 is 0 Å². The maximum atomic E-state index is 5.79. The molecule has 0 saturated heterocycles. The molecule has 0 aliphatic heterocycles. The molecule has 0 bridgehead atoms. The highest BCUT2D eigenvalue weighted by Crippen LogP contribution is 2.43. The number of hydrogen-bond donors (Lipinski definition) is 0. The molecule has 1 saturated carbocycles. The number of alkyl halides is 2. The molecule has 0 radical (unpaired) electrons. The molecule has 0 aromatic carbocycles. The summed E-state index contributed by atoms with van der Waals surface area (Å²) in [6, 6.07) is 0. The molecule has 1 fully saturated rings. The molecular formula is C4H6ClI. The zero-order valence-electron chi connectivity index (χ0n) is 3.38. The fraction of sp³-hybridized carbons (Fsp3) is 1.00. The maximum Gasteiger partial charge on any atom is 0.0957 e. The standard InChI is InChI=1S/C4H6ClI/c5-4(6)2-1-3-4/h1-3H2. The summed E-state index contributed by atoms with van der Waals surface area (Å²) in [7, 11) is 0. The minimum absolute atomic E-state index is 0.164. The van der Waals surface area contributed by atoms with Crippen molar-refractivity contribution >= 4 is 34.2 Å². The molecule has 0 atom stereocenters. The third kappa shape index (κ3) is 0.997. The van der Waals surface area contributed by atoms with Crippen molar-refractivity contribution in [2.75, 3.05) is 0 Å². The van der Waals surface area contributed by atoms with Gasteiger partial charge in [-0.05, 0) is 19.3 Å². The second kappa shape index (κ2) is 1.51. The van der Waals surface area contributed by atoms with Crippen molar-refractivity contribution in [2.24, 2.45) is 0 Å². The minimum atomic E-state index is 0.164. The molecule has 0 unspecified atom stereocenters. The third-order valence-electron chi connectivity index (χ3n) is 1.09. The van der Waals surface area contributed by atoms with Gasteiger partial charge in [-0.15, -0.1) is 11.6 Å². The molecule has 36 valence electrons. The molecule has 6 heavy (non-hydrogen) atoms. The maximum absolute atomic E-state index is 5.79. The molecule has 0 nitrogen and oxygen atoms in total. The van der Waals surface area contributed by atoms with Crippen molar-refractivity contribution in [3.8, 4) is 0 Å². The van der Waals surface area contributed by atoms with Crippen LogP contribution in [0.1, 0.15) is 19.3 Å². The Balaban J connectivity index is 2.31. The summed E-state index contributed by atoms with van der Waals surface area (Å²) in [5.41, 5.74) is 0. The fourth-order valence-corrected chi connectivity index (χ4v) is 1.47. The second-order valence-corrected chi connectivity index (χ2v) is 5.14. The molecule has 1 rings (SSSR count). The predicted molar refractivity (Wildman–Crippen MR) is 36.5 cm³/mol. The van der Waals surface area contributed by atoms with Gasteiger partial charge in [0.25, 0.3) is 0 Å². The van der Waals surface area contributed by atoms with Gasteiger partial charge < -0.3 is 0 Å². The van der Waals surface area contributed by atoms with Gasteiger partial charge in [-0.3, -0.25) is 0 Å². The predicted octanol–water partition coefficient (Wildman–Crippen LogP) is 2.54. The molecule has 0 N–H and O–H groups in total. The van der Waals surface area contributed by atoms with E-state index < -0.39 is 0 Å². The zero-order chi connectivity index (χ0) is 4.62. The Morgan fingerprint density at radius 3 is 1.83 bits per heavy atom. The van der Waals surface area contributed by atoms with E-state index in [-0.39, 0.29) is 2.88 Å². The third-order valence-corrected chi connectivity index (χ3v) is 2.54. The number of rotatable bonds is 0. The molecule has 1 aliphatic rings. The lowest BCUT2D eigenvalue weighted by Gasteiger charge is -2.28. The summed E-state index contributed by atoms with van der Waals surface area (Å²) in [4.78, 5) is 0. The lowest BCUT2D eigenvalue weighted by molar-refractivity contribution is 0.496. The van der Waals surface area contributed by atoms with Crippen LogP contribution in [-0.2, 0) is 0 Å². The Morgan fingerprint density at radius 2 is 1.83 bits per heavy atom. The normalized spacial score (nSPS) is 29.0. The first-order valence-electron chi connectivity index (χ1n) is 2.09. The Bertz CT molecular complexity index is 54.6. The van der Waals surface area contributed by atoms with E-state index in [1.54, 1.807) is 0 Å². The van der Waals surface area contributed by atoms with Gasteiger partial charge in [0.1, 0.15) is 0 Å². The van der Waals surface area contributed by atoms with Crippen LogP contribution in [0.25, 0.3) is 0 Å². The van der Waals surface area contributed by atoms with Crippen molar-refractivity contribution < 1.29 is 0 Å². The minimum Gasteiger partial charge on any atom is -0.108 e. The van der Waals surface area contributed by atoms with Crippen LogP contribution in [0.15, 0.2) is 0 Å². The SMILES string of the molecule is ClC1(I)CCC1. The molecule has 0 heterocycles. The average Bonchev–Trinajstić information content (AvgIpc) is 1.32. The quantitative estimate of drug-likeness (QED) is 0.431. The molecule has 2 heteroatoms. The van der Waals surface area contributed by atoms with Gasteiger partial charge in [0.05, 0.1) is 2.88 Å². The highest BCUT2D eigenvalue weighted by molar-refractivity contribution is 14.1. The van der Waals surface area contributed by atoms with E-state index >= 15 is 0 Å². The summed E-state index contributed by atoms with van der Waals surface area (Å²) in [6.07, 6.45) is 3.73. The molecule has 0 spiro atoms. The van der Waals surface area contributed by atoms with E-state index in [9.17, 15) is 0 Å². The smallest absolute Gasteiger partial charge is 0.0957 e. The van der Waals surface area contributed by atoms with Gasteiger partial charge in [0, 0.05) is 0 Å². The van der Waals surface area contributed by atoms with E-state index in [0.29, 0.717) is 0 Å². The van der Waals surface area contributed by atoms with Crippen LogP contribution >= 0.6 is 34.2 Å². The summed E-state index contributed by atoms with van der Waals surface area (Å²) in [6.45, 7) is 0. The van der Waals surface area contributed by atoms with E-state index in [4.69, 9.17) is 11.6 Å². The van der Waals surface area contributed by atoms with Gasteiger partial charge in [0.2, 0.25) is 0 Å². The van der Waals surface area contributed by atoms with Gasteiger partial charge in [0.15, 0.2) is 0 Å². The van der Waals surface area contributed by atoms with Crippen LogP contribution < -0.4 is 0 Å². The molecular weight excluding hydrogens is 210 g/mol. The Hall–Kier alpha value is 1.02. The van der Waals surface area contributed by atoms with Crippen molar-refractivity contribution in [1.29, 1.82) is 0 Å². The Labute approximate surface area is 56.4 Å². The average molecular weight is 216 g/mol. The van der Waals surface area contributed by atoms with Gasteiger partial charge in [-0.2, -0.15) is 0 Å². The Morgan fingerprint density at radius 1 is 1.50 bits per heavy atom. The first-order chi connectivity index (χ1) is 2.71. The summed E-state index contributed by atoms with van der Waals surface area (Å²) >= 11 is 8.08. The highest BCUT2D eigenvalue weighted by Gasteiger charge is 2.30. The largest absolute Gasteiger partial charge is 0.108 e. The van der Waals surface area contributed by atoms with Crippen molar-refractivity contribution in [3.05, 3.63) is 0 Å². The first kappa shape index (κ1) is 5.16. The van der Waals surface area contributed by atoms with Crippen LogP contribution in [0.4, 0.5) is 0 Å². The molecule has 0 amide bonds. The van der Waals surface area contributed by atoms with Crippen molar-refractivity contribution in [3.63, 3.8) is 0 Å². The fourth-order valence-electron chi connectivity index (χ4n) is 0.444. The second-order valence-electron chi connectivity index (χ2n) is 1.71. The lowest BCUT2D eigenvalue weighted by Crippen LogP contribution is -2.21. The zero-order valence-corrected chi connectivity index (χ0v) is 6.29. The molecule has 0 aromatic heterocycles. The van der Waals surface area contributed by atoms with Crippen LogP contribution in [0.5, 0.6) is 0 Å². The van der Waals surface area contributed by atoms with Crippen LogP contribution in [-0.4, -0.2) is 2.88 Å². The van der Waals surface area contributed by atoms with Crippen LogP contribution in [0.2, 0.25) is 0 Å². The monoisotopic (exact) mass is 216 g/mol. The summed E-state index contributed by atoms with van der Waals surface area (Å²) in [5, 5.41) is 0. The molecule has 0 aromatic rings. The van der Waals surface area contributed by atoms with Gasteiger partial charge in [-0.25, -0.2) is 0 Å². The van der Waals surface area contributed by atoms with Crippen LogP contribution in [0, 0.1) is 0 Å². The van der Waals surface area contributed by atoms with Gasteiger partial charge in [-0.1, -0.05) is 22.6 Å². The van der Waals surface area contributed by atoms with Crippen molar-refractivity contribution in [1.82, 2.24) is 0 Å². The highest BCUT2D eigenvalue weighted by atomic mass is 127. The van der Waals surface area contributed by atoms with E-state index in [1.807, 2.05) is 0 Å². The van der Waals surface area contributed by atoms with E-state index in [2.05, 4.69) is 22.6 Å². The van der Waals surface area contributed by atoms with Crippen LogP contribution in [0.3, 0.4) is 0 Å². The number of hydrogen-bond acceptors (Lipinski definition) is 0. The summed E-state index contributed by atoms with van der Waals surface area (Å²) in [5.74, 6) is 0. The first-order valence-corrected chi connectivity index (χ1v) is 3.54. The summed E-state index contributed by atoms with van der Waals surface area (Å²) < 4.78 is 0.164. The topological polar surface area (TPSA) is 0 Å². The Kier molecular flexibility index (Phi) is 1.30. The van der Waals surface area contributed by atoms with E-state index in [1.165, 1.54) is 19.3 Å².